The average Bonchev–Trinajstić information content (AvgIpc) is 3.12. The maximum absolute atomic E-state index is 13.2. The second kappa shape index (κ2) is 18.0. The van der Waals surface area contributed by atoms with E-state index in [9.17, 15) is 40.2 Å². The normalized spacial score (nSPS) is 20.5. The third-order valence-electron chi connectivity index (χ3n) is 8.52. The maximum Gasteiger partial charge on any atom is 0.342 e. The van der Waals surface area contributed by atoms with E-state index in [1.165, 1.54) is 26.4 Å². The van der Waals surface area contributed by atoms with E-state index in [2.05, 4.69) is 19.2 Å². The smallest absolute Gasteiger partial charge is 0.342 e. The van der Waals surface area contributed by atoms with Crippen LogP contribution in [-0.4, -0.2) is 107 Å². The Morgan fingerprint density at radius 2 is 1.52 bits per heavy atom. The molecule has 0 radical (unpaired) electrons. The number of benzene rings is 3. The number of aliphatic hydroxyl groups excluding tert-OH is 3. The summed E-state index contributed by atoms with van der Waals surface area (Å²) in [5.74, 6) is -3.83. The van der Waals surface area contributed by atoms with Crippen molar-refractivity contribution in [2.75, 3.05) is 32.8 Å². The zero-order chi connectivity index (χ0) is 38.1. The van der Waals surface area contributed by atoms with Crippen molar-refractivity contribution in [3.8, 4) is 34.5 Å². The molecule has 0 spiro atoms. The molecule has 1 aliphatic rings. The molecule has 1 fully saturated rings. The Morgan fingerprint density at radius 3 is 2.15 bits per heavy atom. The second-order valence-corrected chi connectivity index (χ2v) is 12.8. The molecule has 0 amide bonds. The monoisotopic (exact) mass is 729 g/mol. The Kier molecular flexibility index (Phi) is 13.8. The summed E-state index contributed by atoms with van der Waals surface area (Å²) < 4.78 is 33.1. The van der Waals surface area contributed by atoms with Crippen LogP contribution in [0.5, 0.6) is 34.5 Å². The van der Waals surface area contributed by atoms with Crippen molar-refractivity contribution >= 4 is 17.6 Å². The highest BCUT2D eigenvalue weighted by atomic mass is 16.7. The molecule has 4 rings (SSSR count). The quantitative estimate of drug-likeness (QED) is 0.0984. The van der Waals surface area contributed by atoms with E-state index in [-0.39, 0.29) is 41.1 Å². The summed E-state index contributed by atoms with van der Waals surface area (Å²) in [5, 5.41) is 66.7. The lowest BCUT2D eigenvalue weighted by Gasteiger charge is -2.40. The number of carbonyl (C=O) groups is 2. The van der Waals surface area contributed by atoms with E-state index in [1.54, 1.807) is 0 Å². The van der Waals surface area contributed by atoms with E-state index in [0.29, 0.717) is 12.3 Å². The molecule has 52 heavy (non-hydrogen) atoms. The van der Waals surface area contributed by atoms with Crippen LogP contribution in [-0.2, 0) is 15.9 Å². The molecular weight excluding hydrogens is 682 g/mol. The minimum absolute atomic E-state index is 0.0179. The van der Waals surface area contributed by atoms with Crippen molar-refractivity contribution in [1.82, 2.24) is 0 Å². The number of anilines is 1. The van der Waals surface area contributed by atoms with Gasteiger partial charge in [-0.15, -0.1) is 0 Å². The number of aromatic hydroxyl groups is 2. The van der Waals surface area contributed by atoms with Crippen LogP contribution >= 0.6 is 0 Å². The molecule has 3 aromatic rings. The molecule has 15 nitrogen and oxygen atoms in total. The number of ether oxygens (including phenoxy) is 6. The predicted molar refractivity (Wildman–Crippen MR) is 187 cm³/mol. The number of carbonyl (C=O) groups excluding carboxylic acids is 1. The molecule has 6 atom stereocenters. The summed E-state index contributed by atoms with van der Waals surface area (Å²) in [4.78, 5) is 25.3. The fourth-order valence-corrected chi connectivity index (χ4v) is 5.52. The average molecular weight is 730 g/mol. The van der Waals surface area contributed by atoms with Crippen LogP contribution in [0.1, 0.15) is 59.9 Å². The Morgan fingerprint density at radius 1 is 0.846 bits per heavy atom. The number of hydrogen-bond donors (Lipinski definition) is 7. The van der Waals surface area contributed by atoms with Gasteiger partial charge in [0.25, 0.3) is 0 Å². The first-order valence-electron chi connectivity index (χ1n) is 16.8. The molecule has 6 unspecified atom stereocenters. The lowest BCUT2D eigenvalue weighted by Crippen LogP contribution is -2.60. The first-order valence-corrected chi connectivity index (χ1v) is 16.8. The van der Waals surface area contributed by atoms with Crippen LogP contribution in [0.15, 0.2) is 48.5 Å². The summed E-state index contributed by atoms with van der Waals surface area (Å²) in [7, 11) is 2.53. The molecular formula is C37H47NO14. The standard InChI is InChI=1S/C37H47NO14/c1-19(2)11-12-20(3)38-24-17-26(25(47-4)15-22(24)35(44)45)51-37-33(43)32(42)30(40)28(52-37)18-50-36(46)23-16-27(48-5)31(41)34(29(23)39)49-14-13-21-9-7-6-8-10-21/h6-10,15-17,19-20,28,30,32-33,37-43H,11-14,18H2,1-5H3,(H,44,45). The predicted octanol–water partition coefficient (Wildman–Crippen LogP) is 3.71. The third kappa shape index (κ3) is 9.67. The Bertz CT molecular complexity index is 1670. The molecule has 3 aromatic carbocycles. The number of carboxylic acids is 1. The SMILES string of the molecule is COc1cc(C(=O)O)c(NC(C)CCC(C)C)cc1OC1OC(COC(=O)c2cc(OC)c(O)c(OCCc3ccccc3)c2O)C(O)C(O)C1O. The van der Waals surface area contributed by atoms with Gasteiger partial charge in [-0.1, -0.05) is 44.2 Å². The highest BCUT2D eigenvalue weighted by molar-refractivity contribution is 5.96. The summed E-state index contributed by atoms with van der Waals surface area (Å²) in [6.45, 7) is 5.42. The van der Waals surface area contributed by atoms with Gasteiger partial charge in [0.2, 0.25) is 17.8 Å². The van der Waals surface area contributed by atoms with Gasteiger partial charge in [0.15, 0.2) is 23.0 Å². The summed E-state index contributed by atoms with van der Waals surface area (Å²) in [6, 6.07) is 12.9. The zero-order valence-corrected chi connectivity index (χ0v) is 29.6. The number of methoxy groups -OCH3 is 2. The van der Waals surface area contributed by atoms with Gasteiger partial charge in [0.05, 0.1) is 32.1 Å². The first kappa shape index (κ1) is 39.8. The van der Waals surface area contributed by atoms with E-state index < -0.39 is 72.1 Å². The van der Waals surface area contributed by atoms with Gasteiger partial charge in [-0.25, -0.2) is 9.59 Å². The first-order chi connectivity index (χ1) is 24.7. The van der Waals surface area contributed by atoms with Crippen molar-refractivity contribution in [2.24, 2.45) is 5.92 Å². The van der Waals surface area contributed by atoms with Gasteiger partial charge >= 0.3 is 11.9 Å². The van der Waals surface area contributed by atoms with Gasteiger partial charge < -0.3 is 64.4 Å². The molecule has 1 aliphatic heterocycles. The highest BCUT2D eigenvalue weighted by Crippen LogP contribution is 2.46. The molecule has 0 aliphatic carbocycles. The summed E-state index contributed by atoms with van der Waals surface area (Å²) in [5.41, 5.74) is 0.617. The molecule has 0 saturated carbocycles. The lowest BCUT2D eigenvalue weighted by atomic mass is 9.99. The fraction of sp³-hybridized carbons (Fsp3) is 0.459. The number of carboxylic acid groups (broad SMARTS) is 1. The van der Waals surface area contributed by atoms with Crippen LogP contribution in [0.25, 0.3) is 0 Å². The Hall–Kier alpha value is -4.96. The van der Waals surface area contributed by atoms with E-state index in [0.717, 1.165) is 24.5 Å². The maximum atomic E-state index is 13.2. The number of rotatable bonds is 17. The molecule has 1 saturated heterocycles. The topological polar surface area (TPSA) is 223 Å². The molecule has 0 bridgehead atoms. The van der Waals surface area contributed by atoms with Gasteiger partial charge in [0.1, 0.15) is 36.6 Å². The molecule has 7 N–H and O–H groups in total. The van der Waals surface area contributed by atoms with E-state index in [1.807, 2.05) is 37.3 Å². The second-order valence-electron chi connectivity index (χ2n) is 12.8. The highest BCUT2D eigenvalue weighted by Gasteiger charge is 2.46. The minimum atomic E-state index is -1.83. The third-order valence-corrected chi connectivity index (χ3v) is 8.52. The van der Waals surface area contributed by atoms with E-state index >= 15 is 0 Å². The zero-order valence-electron chi connectivity index (χ0n) is 29.6. The van der Waals surface area contributed by atoms with Crippen molar-refractivity contribution in [3.63, 3.8) is 0 Å². The van der Waals surface area contributed by atoms with Crippen molar-refractivity contribution in [3.05, 3.63) is 65.2 Å². The Balaban J connectivity index is 1.50. The Labute approximate surface area is 301 Å². The number of hydrogen-bond acceptors (Lipinski definition) is 14. The largest absolute Gasteiger partial charge is 0.504 e. The minimum Gasteiger partial charge on any atom is -0.504 e. The molecule has 284 valence electrons. The van der Waals surface area contributed by atoms with Crippen LogP contribution in [0, 0.1) is 5.92 Å². The van der Waals surface area contributed by atoms with Gasteiger partial charge in [0, 0.05) is 30.7 Å². The molecule has 0 aromatic heterocycles. The van der Waals surface area contributed by atoms with Gasteiger partial charge in [-0.3, -0.25) is 0 Å². The number of nitrogens with one attached hydrogen (secondary N) is 1. The summed E-state index contributed by atoms with van der Waals surface area (Å²) in [6.07, 6.45) is -6.40. The fourth-order valence-electron chi connectivity index (χ4n) is 5.52. The van der Waals surface area contributed by atoms with Crippen LogP contribution in [0.2, 0.25) is 0 Å². The number of phenolic OH excluding ortho intramolecular Hbond substituents is 2. The number of aromatic carboxylic acids is 1. The summed E-state index contributed by atoms with van der Waals surface area (Å²) >= 11 is 0. The van der Waals surface area contributed by atoms with Crippen molar-refractivity contribution in [1.29, 1.82) is 0 Å². The van der Waals surface area contributed by atoms with Crippen molar-refractivity contribution < 1.29 is 68.6 Å². The van der Waals surface area contributed by atoms with Crippen LogP contribution < -0.4 is 24.3 Å². The number of esters is 1. The molecule has 1 heterocycles. The molecule has 15 heteroatoms. The number of aliphatic hydroxyl groups is 3. The van der Waals surface area contributed by atoms with E-state index in [4.69, 9.17) is 28.4 Å². The lowest BCUT2D eigenvalue weighted by molar-refractivity contribution is -0.277. The van der Waals surface area contributed by atoms with Gasteiger partial charge in [-0.2, -0.15) is 0 Å². The van der Waals surface area contributed by atoms with Crippen LogP contribution in [0.4, 0.5) is 5.69 Å². The van der Waals surface area contributed by atoms with Gasteiger partial charge in [-0.05, 0) is 31.2 Å². The van der Waals surface area contributed by atoms with Crippen LogP contribution in [0.3, 0.4) is 0 Å². The van der Waals surface area contributed by atoms with Crippen molar-refractivity contribution in [2.45, 2.75) is 76.8 Å². The number of phenols is 2.